The molecule has 0 amide bonds. The van der Waals surface area contributed by atoms with Crippen LogP contribution in [0, 0.1) is 6.92 Å². The molecule has 0 radical (unpaired) electrons. The van der Waals surface area contributed by atoms with Crippen LogP contribution < -0.4 is 0 Å². The van der Waals surface area contributed by atoms with Crippen molar-refractivity contribution in [3.8, 4) is 0 Å². The zero-order chi connectivity index (χ0) is 20.5. The Morgan fingerprint density at radius 1 is 1.18 bits per heavy atom. The van der Waals surface area contributed by atoms with Gasteiger partial charge in [0.25, 0.3) is 0 Å². The van der Waals surface area contributed by atoms with E-state index in [0.29, 0.717) is 11.1 Å². The van der Waals surface area contributed by atoms with Crippen LogP contribution in [0.5, 0.6) is 0 Å². The number of Topliss-reactive ketones (excluding diaryl/α,β-unsaturated/α-hetero) is 2. The Hall–Kier alpha value is -2.09. The van der Waals surface area contributed by atoms with Gasteiger partial charge < -0.3 is 20.1 Å². The largest absolute Gasteiger partial charge is 0.382 e. The van der Waals surface area contributed by atoms with Gasteiger partial charge in [-0.2, -0.15) is 0 Å². The van der Waals surface area contributed by atoms with Crippen molar-refractivity contribution in [3.05, 3.63) is 70.8 Å². The molecule has 1 aliphatic heterocycles. The summed E-state index contributed by atoms with van der Waals surface area (Å²) in [5, 5.41) is 31.7. The topological polar surface area (TPSA) is 104 Å². The van der Waals surface area contributed by atoms with Crippen LogP contribution in [0.1, 0.15) is 38.3 Å². The lowest BCUT2D eigenvalue weighted by molar-refractivity contribution is -0.128. The number of rotatable bonds is 6. The van der Waals surface area contributed by atoms with Gasteiger partial charge in [0.15, 0.2) is 23.5 Å². The lowest BCUT2D eigenvalue weighted by atomic mass is 9.81. The minimum Gasteiger partial charge on any atom is -0.382 e. The number of carbonyl (C=O) groups excluding carboxylic acids is 2. The molecule has 1 heterocycles. The van der Waals surface area contributed by atoms with Crippen LogP contribution >= 0.6 is 11.6 Å². The first-order chi connectivity index (χ1) is 13.3. The third-order valence-corrected chi connectivity index (χ3v) is 5.31. The van der Waals surface area contributed by atoms with Crippen LogP contribution in [0.4, 0.5) is 0 Å². The van der Waals surface area contributed by atoms with Crippen molar-refractivity contribution < 1.29 is 29.6 Å². The molecular weight excluding hydrogens is 384 g/mol. The fourth-order valence-electron chi connectivity index (χ4n) is 3.50. The first-order valence-corrected chi connectivity index (χ1v) is 9.35. The summed E-state index contributed by atoms with van der Waals surface area (Å²) in [6, 6.07) is 13.1. The summed E-state index contributed by atoms with van der Waals surface area (Å²) in [4.78, 5) is 25.9. The van der Waals surface area contributed by atoms with Crippen molar-refractivity contribution in [2.24, 2.45) is 0 Å². The standard InChI is InChI=1S/C21H21ClO6/c1-12-6-2-4-8-14(12)19(26)21(27)10-16(23)28-20(21)18(25)17(24)15-9-5-3-7-13(15)11-22/h2-9,16,18,20,23,25,27H,10-11H2,1H3/t16?,18?,20-,21-/m0/s1. The highest BCUT2D eigenvalue weighted by Crippen LogP contribution is 2.36. The van der Waals surface area contributed by atoms with Gasteiger partial charge in [0.2, 0.25) is 0 Å². The maximum absolute atomic E-state index is 13.0. The average Bonchev–Trinajstić information content (AvgIpc) is 3.02. The molecule has 1 saturated heterocycles. The Morgan fingerprint density at radius 2 is 1.79 bits per heavy atom. The molecule has 0 aromatic heterocycles. The van der Waals surface area contributed by atoms with E-state index in [4.69, 9.17) is 16.3 Å². The summed E-state index contributed by atoms with van der Waals surface area (Å²) in [5.74, 6) is -1.41. The number of ether oxygens (including phenoxy) is 1. The molecule has 1 aliphatic rings. The van der Waals surface area contributed by atoms with Crippen LogP contribution in [0.25, 0.3) is 0 Å². The molecule has 2 unspecified atom stereocenters. The molecule has 2 aromatic carbocycles. The predicted octanol–water partition coefficient (Wildman–Crippen LogP) is 2.00. The van der Waals surface area contributed by atoms with Crippen molar-refractivity contribution in [2.45, 2.75) is 43.3 Å². The van der Waals surface area contributed by atoms with Crippen molar-refractivity contribution in [2.75, 3.05) is 0 Å². The number of ketones is 2. The first-order valence-electron chi connectivity index (χ1n) is 8.82. The summed E-state index contributed by atoms with van der Waals surface area (Å²) in [6.45, 7) is 1.70. The minimum atomic E-state index is -2.25. The van der Waals surface area contributed by atoms with E-state index < -0.39 is 42.1 Å². The molecule has 3 rings (SSSR count). The molecule has 0 bridgehead atoms. The minimum absolute atomic E-state index is 0.0508. The molecule has 1 fully saturated rings. The van der Waals surface area contributed by atoms with Crippen LogP contribution in [0.3, 0.4) is 0 Å². The molecular formula is C21H21ClO6. The second kappa shape index (κ2) is 8.11. The summed E-state index contributed by atoms with van der Waals surface area (Å²) >= 11 is 5.86. The highest BCUT2D eigenvalue weighted by atomic mass is 35.5. The van der Waals surface area contributed by atoms with Gasteiger partial charge in [0.05, 0.1) is 0 Å². The molecule has 2 aromatic rings. The number of benzene rings is 2. The van der Waals surface area contributed by atoms with E-state index >= 15 is 0 Å². The van der Waals surface area contributed by atoms with Gasteiger partial charge in [0.1, 0.15) is 12.2 Å². The molecule has 148 valence electrons. The number of aryl methyl sites for hydroxylation is 1. The molecule has 0 saturated carbocycles. The summed E-state index contributed by atoms with van der Waals surface area (Å²) in [7, 11) is 0. The fraction of sp³-hybridized carbons (Fsp3) is 0.333. The van der Waals surface area contributed by atoms with E-state index in [1.165, 1.54) is 12.1 Å². The number of halogens is 1. The lowest BCUT2D eigenvalue weighted by Gasteiger charge is -2.30. The van der Waals surface area contributed by atoms with Crippen LogP contribution in [0.2, 0.25) is 0 Å². The van der Waals surface area contributed by atoms with Crippen molar-refractivity contribution in [1.82, 2.24) is 0 Å². The van der Waals surface area contributed by atoms with Gasteiger partial charge in [-0.15, -0.1) is 11.6 Å². The van der Waals surface area contributed by atoms with E-state index in [1.807, 2.05) is 0 Å². The van der Waals surface area contributed by atoms with Gasteiger partial charge in [0, 0.05) is 23.4 Å². The van der Waals surface area contributed by atoms with Gasteiger partial charge in [-0.25, -0.2) is 0 Å². The number of hydrogen-bond acceptors (Lipinski definition) is 6. The monoisotopic (exact) mass is 404 g/mol. The van der Waals surface area contributed by atoms with E-state index in [9.17, 15) is 24.9 Å². The zero-order valence-electron chi connectivity index (χ0n) is 15.2. The molecule has 6 nitrogen and oxygen atoms in total. The smallest absolute Gasteiger partial charge is 0.197 e. The summed E-state index contributed by atoms with van der Waals surface area (Å²) in [6.07, 6.45) is -5.43. The van der Waals surface area contributed by atoms with Gasteiger partial charge in [-0.1, -0.05) is 48.5 Å². The van der Waals surface area contributed by atoms with Gasteiger partial charge >= 0.3 is 0 Å². The van der Waals surface area contributed by atoms with E-state index in [1.54, 1.807) is 43.3 Å². The second-order valence-corrected chi connectivity index (χ2v) is 7.15. The number of hydrogen-bond donors (Lipinski definition) is 3. The average molecular weight is 405 g/mol. The fourth-order valence-corrected chi connectivity index (χ4v) is 3.74. The maximum Gasteiger partial charge on any atom is 0.197 e. The Kier molecular flexibility index (Phi) is 5.98. The molecule has 4 atom stereocenters. The lowest BCUT2D eigenvalue weighted by Crippen LogP contribution is -2.54. The Balaban J connectivity index is 1.96. The summed E-state index contributed by atoms with van der Waals surface area (Å²) in [5.41, 5.74) is -0.736. The number of aliphatic hydroxyl groups excluding tert-OH is 2. The Morgan fingerprint density at radius 3 is 2.43 bits per heavy atom. The Labute approximate surface area is 167 Å². The maximum atomic E-state index is 13.0. The second-order valence-electron chi connectivity index (χ2n) is 6.88. The van der Waals surface area contributed by atoms with E-state index in [2.05, 4.69) is 0 Å². The normalized spacial score (nSPS) is 25.5. The third kappa shape index (κ3) is 3.62. The molecule has 3 N–H and O–H groups in total. The highest BCUT2D eigenvalue weighted by Gasteiger charge is 2.57. The first kappa shape index (κ1) is 20.6. The number of carbonyl (C=O) groups is 2. The van der Waals surface area contributed by atoms with Crippen LogP contribution in [0.15, 0.2) is 48.5 Å². The molecule has 0 aliphatic carbocycles. The van der Waals surface area contributed by atoms with Crippen molar-refractivity contribution >= 4 is 23.2 Å². The Bertz CT molecular complexity index is 898. The van der Waals surface area contributed by atoms with Crippen LogP contribution in [-0.2, 0) is 10.6 Å². The van der Waals surface area contributed by atoms with Crippen LogP contribution in [-0.4, -0.2) is 51.0 Å². The zero-order valence-corrected chi connectivity index (χ0v) is 16.0. The molecule has 7 heteroatoms. The van der Waals surface area contributed by atoms with Gasteiger partial charge in [-0.3, -0.25) is 9.59 Å². The van der Waals surface area contributed by atoms with Crippen molar-refractivity contribution in [3.63, 3.8) is 0 Å². The summed E-state index contributed by atoms with van der Waals surface area (Å²) < 4.78 is 5.22. The molecule has 0 spiro atoms. The quantitative estimate of drug-likeness (QED) is 0.502. The van der Waals surface area contributed by atoms with E-state index in [-0.39, 0.29) is 17.0 Å². The predicted molar refractivity (Wildman–Crippen MR) is 102 cm³/mol. The SMILES string of the molecule is Cc1ccccc1C(=O)[C@@]1(O)CC(O)O[C@H]1C(O)C(=O)c1ccccc1CCl. The van der Waals surface area contributed by atoms with Gasteiger partial charge in [-0.05, 0) is 18.1 Å². The number of aliphatic hydroxyl groups is 3. The van der Waals surface area contributed by atoms with E-state index in [0.717, 1.165) is 0 Å². The van der Waals surface area contributed by atoms with Crippen molar-refractivity contribution in [1.29, 1.82) is 0 Å². The highest BCUT2D eigenvalue weighted by molar-refractivity contribution is 6.18. The molecule has 28 heavy (non-hydrogen) atoms. The third-order valence-electron chi connectivity index (χ3n) is 5.03. The number of alkyl halides is 1.